The second-order valence-electron chi connectivity index (χ2n) is 3.10. The van der Waals surface area contributed by atoms with Crippen LogP contribution in [0, 0.1) is 5.92 Å². The van der Waals surface area contributed by atoms with Crippen LogP contribution in [0.3, 0.4) is 0 Å². The Morgan fingerprint density at radius 1 is 1.73 bits per heavy atom. The second kappa shape index (κ2) is 4.03. The van der Waals surface area contributed by atoms with E-state index in [0.717, 1.165) is 25.9 Å². The highest BCUT2D eigenvalue weighted by Crippen LogP contribution is 2.21. The summed E-state index contributed by atoms with van der Waals surface area (Å²) in [5.74, 6) is -0.311. The fourth-order valence-corrected chi connectivity index (χ4v) is 1.99. The lowest BCUT2D eigenvalue weighted by Gasteiger charge is -2.28. The van der Waals surface area contributed by atoms with Gasteiger partial charge in [-0.15, -0.1) is 0 Å². The minimum absolute atomic E-state index is 0.324. The van der Waals surface area contributed by atoms with Gasteiger partial charge in [-0.2, -0.15) is 0 Å². The van der Waals surface area contributed by atoms with Crippen molar-refractivity contribution in [3.8, 4) is 0 Å². The van der Waals surface area contributed by atoms with Gasteiger partial charge in [0.25, 0.3) is 0 Å². The molecule has 2 unspecified atom stereocenters. The summed E-state index contributed by atoms with van der Waals surface area (Å²) in [7, 11) is 2.63. The summed E-state index contributed by atoms with van der Waals surface area (Å²) in [4.78, 5) is 10.3. The van der Waals surface area contributed by atoms with Gasteiger partial charge in [0.1, 0.15) is 0 Å². The monoisotopic (exact) mass is 175 g/mol. The van der Waals surface area contributed by atoms with E-state index >= 15 is 0 Å². The minimum Gasteiger partial charge on any atom is -0.481 e. The Labute approximate surface area is 69.0 Å². The molecule has 0 radical (unpaired) electrons. The summed E-state index contributed by atoms with van der Waals surface area (Å²) >= 11 is 0. The molecule has 2 atom stereocenters. The van der Waals surface area contributed by atoms with Crippen LogP contribution in [0.15, 0.2) is 0 Å². The standard InChI is InChI=1S/C7H14NO2P/c9-7(10)4-6-2-1-3-8(11)5-6/h6H,1-5,11H2,(H,9,10). The van der Waals surface area contributed by atoms with Crippen molar-refractivity contribution in [2.45, 2.75) is 19.3 Å². The molecule has 1 saturated heterocycles. The van der Waals surface area contributed by atoms with Gasteiger partial charge in [-0.1, -0.05) is 9.39 Å². The van der Waals surface area contributed by atoms with E-state index in [1.807, 2.05) is 0 Å². The summed E-state index contributed by atoms with van der Waals surface area (Å²) in [6.45, 7) is 2.00. The summed E-state index contributed by atoms with van der Waals surface area (Å²) in [6.07, 6.45) is 2.52. The minimum atomic E-state index is -0.671. The van der Waals surface area contributed by atoms with Crippen molar-refractivity contribution in [3.05, 3.63) is 0 Å². The summed E-state index contributed by atoms with van der Waals surface area (Å²) in [5.41, 5.74) is 0. The van der Waals surface area contributed by atoms with Crippen LogP contribution in [0.4, 0.5) is 0 Å². The maximum Gasteiger partial charge on any atom is 0.303 e. The first kappa shape index (κ1) is 8.95. The molecule has 64 valence electrons. The highest BCUT2D eigenvalue weighted by Gasteiger charge is 2.19. The molecule has 1 N–H and O–H groups in total. The Morgan fingerprint density at radius 2 is 2.45 bits per heavy atom. The number of carboxylic acids is 1. The van der Waals surface area contributed by atoms with E-state index in [4.69, 9.17) is 5.11 Å². The lowest BCUT2D eigenvalue weighted by atomic mass is 9.96. The predicted molar refractivity (Wildman–Crippen MR) is 46.3 cm³/mol. The van der Waals surface area contributed by atoms with Crippen LogP contribution in [0.2, 0.25) is 0 Å². The van der Waals surface area contributed by atoms with Crippen LogP contribution in [0.5, 0.6) is 0 Å². The van der Waals surface area contributed by atoms with Crippen molar-refractivity contribution in [1.82, 2.24) is 4.67 Å². The van der Waals surface area contributed by atoms with Crippen molar-refractivity contribution >= 4 is 15.4 Å². The van der Waals surface area contributed by atoms with Gasteiger partial charge in [-0.25, -0.2) is 0 Å². The second-order valence-corrected chi connectivity index (χ2v) is 3.83. The van der Waals surface area contributed by atoms with E-state index in [2.05, 4.69) is 14.1 Å². The third-order valence-corrected chi connectivity index (χ3v) is 2.48. The molecule has 4 heteroatoms. The third-order valence-electron chi connectivity index (χ3n) is 2.01. The molecule has 1 aliphatic rings. The molecule has 3 nitrogen and oxygen atoms in total. The highest BCUT2D eigenvalue weighted by atomic mass is 31.0. The molecule has 1 heterocycles. The fourth-order valence-electron chi connectivity index (χ4n) is 1.51. The molecule has 0 aliphatic carbocycles. The van der Waals surface area contributed by atoms with Crippen LogP contribution >= 0.6 is 9.39 Å². The average Bonchev–Trinajstić information content (AvgIpc) is 1.85. The maximum atomic E-state index is 10.3. The van der Waals surface area contributed by atoms with Gasteiger partial charge < -0.3 is 5.11 Å². The molecule has 0 aromatic heterocycles. The van der Waals surface area contributed by atoms with E-state index < -0.39 is 5.97 Å². The Hall–Kier alpha value is -0.140. The van der Waals surface area contributed by atoms with Gasteiger partial charge in [0.15, 0.2) is 0 Å². The molecule has 0 aromatic carbocycles. The summed E-state index contributed by atoms with van der Waals surface area (Å²) in [6, 6.07) is 0. The van der Waals surface area contributed by atoms with Gasteiger partial charge in [0.2, 0.25) is 0 Å². The summed E-state index contributed by atoms with van der Waals surface area (Å²) in [5, 5.41) is 8.53. The van der Waals surface area contributed by atoms with Gasteiger partial charge in [0.05, 0.1) is 0 Å². The van der Waals surface area contributed by atoms with Crippen molar-refractivity contribution in [1.29, 1.82) is 0 Å². The van der Waals surface area contributed by atoms with E-state index in [1.165, 1.54) is 0 Å². The van der Waals surface area contributed by atoms with Crippen LogP contribution in [0.1, 0.15) is 19.3 Å². The van der Waals surface area contributed by atoms with Crippen molar-refractivity contribution < 1.29 is 9.90 Å². The third kappa shape index (κ3) is 3.17. The smallest absolute Gasteiger partial charge is 0.303 e. The average molecular weight is 175 g/mol. The molecular weight excluding hydrogens is 161 g/mol. The van der Waals surface area contributed by atoms with E-state index in [9.17, 15) is 4.79 Å². The molecule has 0 aromatic rings. The molecule has 1 fully saturated rings. The topological polar surface area (TPSA) is 40.5 Å². The predicted octanol–water partition coefficient (Wildman–Crippen LogP) is 0.963. The molecule has 0 spiro atoms. The maximum absolute atomic E-state index is 10.3. The number of piperidine rings is 1. The number of aliphatic carboxylic acids is 1. The molecule has 0 bridgehead atoms. The van der Waals surface area contributed by atoms with Gasteiger partial charge in [-0.3, -0.25) is 9.46 Å². The van der Waals surface area contributed by atoms with Crippen LogP contribution in [0.25, 0.3) is 0 Å². The zero-order valence-corrected chi connectivity index (χ0v) is 7.65. The van der Waals surface area contributed by atoms with Crippen LogP contribution in [-0.2, 0) is 4.79 Å². The Morgan fingerprint density at radius 3 is 3.00 bits per heavy atom. The van der Waals surface area contributed by atoms with Crippen molar-refractivity contribution in [2.75, 3.05) is 13.1 Å². The van der Waals surface area contributed by atoms with Crippen LogP contribution < -0.4 is 0 Å². The van der Waals surface area contributed by atoms with E-state index in [0.29, 0.717) is 12.3 Å². The quantitative estimate of drug-likeness (QED) is 0.635. The van der Waals surface area contributed by atoms with Crippen molar-refractivity contribution in [3.63, 3.8) is 0 Å². The first-order chi connectivity index (χ1) is 5.18. The van der Waals surface area contributed by atoms with Crippen LogP contribution in [-0.4, -0.2) is 28.8 Å². The lowest BCUT2D eigenvalue weighted by molar-refractivity contribution is -0.138. The molecule has 0 saturated carbocycles. The SMILES string of the molecule is O=C(O)CC1CCCN(P)C1. The number of carbonyl (C=O) groups is 1. The van der Waals surface area contributed by atoms with Gasteiger partial charge in [0, 0.05) is 19.5 Å². The molecule has 0 amide bonds. The largest absolute Gasteiger partial charge is 0.481 e. The Kier molecular flexibility index (Phi) is 3.28. The van der Waals surface area contributed by atoms with E-state index in [1.54, 1.807) is 0 Å². The van der Waals surface area contributed by atoms with E-state index in [-0.39, 0.29) is 0 Å². The normalized spacial score (nSPS) is 26.8. The molecule has 1 aliphatic heterocycles. The highest BCUT2D eigenvalue weighted by molar-refractivity contribution is 7.13. The van der Waals surface area contributed by atoms with Crippen molar-refractivity contribution in [2.24, 2.45) is 5.92 Å². The first-order valence-corrected chi connectivity index (χ1v) is 4.41. The molecule has 11 heavy (non-hydrogen) atoms. The zero-order chi connectivity index (χ0) is 8.27. The zero-order valence-electron chi connectivity index (χ0n) is 6.49. The summed E-state index contributed by atoms with van der Waals surface area (Å²) < 4.78 is 2.12. The lowest BCUT2D eigenvalue weighted by Crippen LogP contribution is -2.29. The number of hydrogen-bond acceptors (Lipinski definition) is 2. The number of carboxylic acid groups (broad SMARTS) is 1. The molecular formula is C7H14NO2P. The number of rotatable bonds is 2. The Balaban J connectivity index is 2.28. The molecule has 1 rings (SSSR count). The number of hydrogen-bond donors (Lipinski definition) is 1. The van der Waals surface area contributed by atoms with Gasteiger partial charge in [-0.05, 0) is 18.8 Å². The van der Waals surface area contributed by atoms with Gasteiger partial charge >= 0.3 is 5.97 Å². The number of nitrogens with zero attached hydrogens (tertiary/aromatic N) is 1. The first-order valence-electron chi connectivity index (χ1n) is 3.90. The Bertz CT molecular complexity index is 151. The fraction of sp³-hybridized carbons (Fsp3) is 0.857.